The number of benzene rings is 1. The molecule has 3 aromatic heterocycles. The first-order valence-electron chi connectivity index (χ1n) is 11.2. The number of pyridine rings is 2. The molecule has 0 fully saturated rings. The number of amides is 1. The Bertz CT molecular complexity index is 1420. The summed E-state index contributed by atoms with van der Waals surface area (Å²) in [7, 11) is 0. The maximum atomic E-state index is 14.0. The minimum absolute atomic E-state index is 0.113. The second kappa shape index (κ2) is 9.65. The van der Waals surface area contributed by atoms with E-state index in [1.54, 1.807) is 18.2 Å². The molecule has 4 aromatic rings. The Morgan fingerprint density at radius 1 is 1.15 bits per heavy atom. The zero-order valence-electron chi connectivity index (χ0n) is 19.7. The second-order valence-corrected chi connectivity index (χ2v) is 8.54. The van der Waals surface area contributed by atoms with E-state index in [9.17, 15) is 14.0 Å². The molecule has 0 aliphatic heterocycles. The van der Waals surface area contributed by atoms with Crippen molar-refractivity contribution in [2.24, 2.45) is 0 Å². The summed E-state index contributed by atoms with van der Waals surface area (Å²) in [6.07, 6.45) is 1.52. The number of halogens is 1. The Labute approximate surface area is 197 Å². The fraction of sp³-hybridized carbons (Fsp3) is 0.259. The van der Waals surface area contributed by atoms with Crippen molar-refractivity contribution >= 4 is 11.4 Å². The average molecular weight is 462 g/mol. The van der Waals surface area contributed by atoms with Crippen LogP contribution in [0.25, 0.3) is 5.52 Å². The van der Waals surface area contributed by atoms with Gasteiger partial charge in [0.1, 0.15) is 5.82 Å². The van der Waals surface area contributed by atoms with Crippen LogP contribution in [0.3, 0.4) is 0 Å². The van der Waals surface area contributed by atoms with Gasteiger partial charge in [-0.3, -0.25) is 9.59 Å². The van der Waals surface area contributed by atoms with Crippen LogP contribution < -0.4 is 10.9 Å². The van der Waals surface area contributed by atoms with Gasteiger partial charge in [-0.15, -0.1) is 0 Å². The van der Waals surface area contributed by atoms with Crippen LogP contribution >= 0.6 is 0 Å². The number of nitrogens with zero attached hydrogens (tertiary/aromatic N) is 1. The summed E-state index contributed by atoms with van der Waals surface area (Å²) in [6, 6.07) is 14.0. The molecule has 1 atom stereocenters. The van der Waals surface area contributed by atoms with Crippen LogP contribution in [0, 0.1) is 26.6 Å². The van der Waals surface area contributed by atoms with E-state index < -0.39 is 6.10 Å². The summed E-state index contributed by atoms with van der Waals surface area (Å²) in [5, 5.41) is 2.89. The van der Waals surface area contributed by atoms with Crippen LogP contribution in [0.2, 0.25) is 0 Å². The van der Waals surface area contributed by atoms with Crippen LogP contribution in [-0.4, -0.2) is 15.3 Å². The topological polar surface area (TPSA) is 75.6 Å². The number of hydrogen-bond donors (Lipinski definition) is 2. The molecule has 1 amide bonds. The van der Waals surface area contributed by atoms with E-state index in [0.29, 0.717) is 16.7 Å². The molecule has 2 N–H and O–H groups in total. The van der Waals surface area contributed by atoms with Gasteiger partial charge in [0.2, 0.25) is 0 Å². The number of ether oxygens (including phenoxy) is 1. The molecular formula is C27H28FN3O3. The lowest BCUT2D eigenvalue weighted by atomic mass is 10.0. The highest BCUT2D eigenvalue weighted by atomic mass is 19.1. The number of rotatable bonds is 7. The SMILES string of the molecule is Cc1cc(C)c(CNC(=O)c2cc3cccn3c(C(C)OCc3ccccc3F)c2C)c(=O)[nH]1. The molecule has 0 aliphatic carbocycles. The van der Waals surface area contributed by atoms with Crippen molar-refractivity contribution in [2.75, 3.05) is 0 Å². The Morgan fingerprint density at radius 2 is 1.91 bits per heavy atom. The average Bonchev–Trinajstić information content (AvgIpc) is 3.25. The predicted molar refractivity (Wildman–Crippen MR) is 129 cm³/mol. The van der Waals surface area contributed by atoms with Crippen molar-refractivity contribution in [3.8, 4) is 0 Å². The Kier molecular flexibility index (Phi) is 6.65. The molecule has 0 saturated carbocycles. The summed E-state index contributed by atoms with van der Waals surface area (Å²) in [5.41, 5.74) is 5.33. The molecule has 1 unspecified atom stereocenters. The fourth-order valence-corrected chi connectivity index (χ4v) is 4.32. The van der Waals surface area contributed by atoms with Crippen LogP contribution in [0.4, 0.5) is 4.39 Å². The van der Waals surface area contributed by atoms with E-state index in [0.717, 1.165) is 28.0 Å². The number of aromatic amines is 1. The summed E-state index contributed by atoms with van der Waals surface area (Å²) >= 11 is 0. The van der Waals surface area contributed by atoms with Gasteiger partial charge in [-0.05, 0) is 69.2 Å². The van der Waals surface area contributed by atoms with Crippen molar-refractivity contribution in [1.82, 2.24) is 14.7 Å². The summed E-state index contributed by atoms with van der Waals surface area (Å²) in [6.45, 7) is 7.68. The van der Waals surface area contributed by atoms with Crippen molar-refractivity contribution in [1.29, 1.82) is 0 Å². The molecule has 0 bridgehead atoms. The Hall–Kier alpha value is -3.71. The van der Waals surface area contributed by atoms with Gasteiger partial charge in [0.25, 0.3) is 11.5 Å². The molecule has 0 radical (unpaired) electrons. The zero-order valence-corrected chi connectivity index (χ0v) is 19.7. The van der Waals surface area contributed by atoms with E-state index in [2.05, 4.69) is 10.3 Å². The van der Waals surface area contributed by atoms with Gasteiger partial charge in [0, 0.05) is 40.6 Å². The van der Waals surface area contributed by atoms with Crippen molar-refractivity contribution in [3.63, 3.8) is 0 Å². The molecule has 7 heteroatoms. The number of H-pyrrole nitrogens is 1. The molecule has 0 saturated heterocycles. The van der Waals surface area contributed by atoms with Gasteiger partial charge in [-0.25, -0.2) is 4.39 Å². The lowest BCUT2D eigenvalue weighted by Crippen LogP contribution is -2.29. The van der Waals surface area contributed by atoms with Gasteiger partial charge in [0.15, 0.2) is 0 Å². The number of fused-ring (bicyclic) bond motifs is 1. The second-order valence-electron chi connectivity index (χ2n) is 8.54. The normalized spacial score (nSPS) is 12.1. The molecule has 176 valence electrons. The standard InChI is InChI=1S/C27H28FN3O3/c1-16-12-17(2)30-27(33)23(16)14-29-26(32)22-13-21-9-7-11-31(21)25(18(22)3)19(4)34-15-20-8-5-6-10-24(20)28/h5-13,19H,14-15H2,1-4H3,(H,29,32)(H,30,33). The summed E-state index contributed by atoms with van der Waals surface area (Å²) in [5.74, 6) is -0.588. The predicted octanol–water partition coefficient (Wildman–Crippen LogP) is 4.90. The number of aromatic nitrogens is 2. The molecule has 4 rings (SSSR count). The number of carbonyl (C=O) groups is 1. The third kappa shape index (κ3) is 4.65. The zero-order chi connectivity index (χ0) is 24.4. The monoisotopic (exact) mass is 461 g/mol. The lowest BCUT2D eigenvalue weighted by Gasteiger charge is -2.21. The molecule has 34 heavy (non-hydrogen) atoms. The Morgan fingerprint density at radius 3 is 2.65 bits per heavy atom. The number of carbonyl (C=O) groups excluding carboxylic acids is 1. The van der Waals surface area contributed by atoms with E-state index in [1.807, 2.05) is 62.6 Å². The highest BCUT2D eigenvalue weighted by molar-refractivity contribution is 5.97. The number of hydrogen-bond acceptors (Lipinski definition) is 3. The van der Waals surface area contributed by atoms with E-state index in [-0.39, 0.29) is 30.4 Å². The van der Waals surface area contributed by atoms with Crippen molar-refractivity contribution in [2.45, 2.75) is 47.0 Å². The first-order valence-corrected chi connectivity index (χ1v) is 11.2. The first kappa shape index (κ1) is 23.4. The highest BCUT2D eigenvalue weighted by Crippen LogP contribution is 2.27. The van der Waals surface area contributed by atoms with Gasteiger partial charge < -0.3 is 19.4 Å². The summed E-state index contributed by atoms with van der Waals surface area (Å²) in [4.78, 5) is 28.3. The maximum absolute atomic E-state index is 14.0. The molecule has 3 heterocycles. The smallest absolute Gasteiger partial charge is 0.253 e. The summed E-state index contributed by atoms with van der Waals surface area (Å²) < 4.78 is 22.0. The fourth-order valence-electron chi connectivity index (χ4n) is 4.32. The molecule has 0 aliphatic rings. The molecule has 0 spiro atoms. The highest BCUT2D eigenvalue weighted by Gasteiger charge is 2.21. The number of nitrogens with one attached hydrogen (secondary N) is 2. The van der Waals surface area contributed by atoms with Gasteiger partial charge in [-0.1, -0.05) is 18.2 Å². The van der Waals surface area contributed by atoms with Crippen LogP contribution in [0.5, 0.6) is 0 Å². The van der Waals surface area contributed by atoms with Gasteiger partial charge in [-0.2, -0.15) is 0 Å². The molecule has 1 aromatic carbocycles. The van der Waals surface area contributed by atoms with Crippen LogP contribution in [0.1, 0.15) is 57.0 Å². The van der Waals surface area contributed by atoms with Crippen LogP contribution in [0.15, 0.2) is 59.5 Å². The third-order valence-electron chi connectivity index (χ3n) is 6.12. The van der Waals surface area contributed by atoms with Crippen molar-refractivity contribution in [3.05, 3.63) is 110 Å². The largest absolute Gasteiger partial charge is 0.367 e. The van der Waals surface area contributed by atoms with Crippen LogP contribution in [-0.2, 0) is 17.9 Å². The van der Waals surface area contributed by atoms with Crippen molar-refractivity contribution < 1.29 is 13.9 Å². The quantitative estimate of drug-likeness (QED) is 0.411. The number of aryl methyl sites for hydroxylation is 2. The third-order valence-corrected chi connectivity index (χ3v) is 6.12. The van der Waals surface area contributed by atoms with E-state index in [1.165, 1.54) is 6.07 Å². The Balaban J connectivity index is 1.60. The lowest BCUT2D eigenvalue weighted by molar-refractivity contribution is 0.0469. The molecule has 6 nitrogen and oxygen atoms in total. The minimum Gasteiger partial charge on any atom is -0.367 e. The van der Waals surface area contributed by atoms with E-state index >= 15 is 0 Å². The minimum atomic E-state index is -0.399. The first-order chi connectivity index (χ1) is 16.3. The van der Waals surface area contributed by atoms with Gasteiger partial charge >= 0.3 is 0 Å². The van der Waals surface area contributed by atoms with Gasteiger partial charge in [0.05, 0.1) is 18.4 Å². The molecular weight excluding hydrogens is 433 g/mol. The van der Waals surface area contributed by atoms with E-state index in [4.69, 9.17) is 4.74 Å². The maximum Gasteiger partial charge on any atom is 0.253 e.